The van der Waals surface area contributed by atoms with E-state index in [9.17, 15) is 8.78 Å². The molecule has 0 fully saturated rings. The average molecular weight is 197 g/mol. The number of nitrogens with two attached hydrogens (primary N) is 1. The Kier molecular flexibility index (Phi) is 2.27. The third-order valence-corrected chi connectivity index (χ3v) is 2.85. The van der Waals surface area contributed by atoms with Gasteiger partial charge in [-0.15, -0.1) is 0 Å². The highest BCUT2D eigenvalue weighted by Crippen LogP contribution is 2.33. The van der Waals surface area contributed by atoms with Gasteiger partial charge in [0.1, 0.15) is 11.6 Å². The molecule has 0 aromatic heterocycles. The summed E-state index contributed by atoms with van der Waals surface area (Å²) >= 11 is 0. The first kappa shape index (κ1) is 9.59. The molecule has 2 rings (SSSR count). The maximum absolute atomic E-state index is 13.7. The van der Waals surface area contributed by atoms with Crippen molar-refractivity contribution in [2.24, 2.45) is 5.73 Å². The van der Waals surface area contributed by atoms with Gasteiger partial charge in [0.15, 0.2) is 0 Å². The smallest absolute Gasteiger partial charge is 0.131 e. The van der Waals surface area contributed by atoms with Crippen LogP contribution < -0.4 is 5.73 Å². The van der Waals surface area contributed by atoms with Gasteiger partial charge in [0.05, 0.1) is 0 Å². The molecule has 0 saturated heterocycles. The molecular weight excluding hydrogens is 184 g/mol. The van der Waals surface area contributed by atoms with Crippen molar-refractivity contribution in [1.82, 2.24) is 0 Å². The van der Waals surface area contributed by atoms with Crippen LogP contribution in [-0.4, -0.2) is 0 Å². The predicted octanol–water partition coefficient (Wildman–Crippen LogP) is 2.61. The summed E-state index contributed by atoms with van der Waals surface area (Å²) in [7, 11) is 0. The van der Waals surface area contributed by atoms with Gasteiger partial charge < -0.3 is 5.73 Å². The lowest BCUT2D eigenvalue weighted by Gasteiger charge is -2.23. The summed E-state index contributed by atoms with van der Waals surface area (Å²) in [5.74, 6) is -0.636. The standard InChI is InChI=1S/C11H13F2N/c1-6-5-8(12)7-3-2-4-9(14)10(7)11(6)13/h5,9H,2-4,14H2,1H3/t9-/m0/s1. The van der Waals surface area contributed by atoms with Gasteiger partial charge in [-0.05, 0) is 43.4 Å². The first-order chi connectivity index (χ1) is 6.61. The van der Waals surface area contributed by atoms with E-state index in [0.29, 0.717) is 23.1 Å². The Morgan fingerprint density at radius 2 is 2.14 bits per heavy atom. The topological polar surface area (TPSA) is 26.0 Å². The van der Waals surface area contributed by atoms with Crippen LogP contribution >= 0.6 is 0 Å². The zero-order valence-electron chi connectivity index (χ0n) is 8.11. The van der Waals surface area contributed by atoms with Crippen molar-refractivity contribution >= 4 is 0 Å². The molecule has 0 amide bonds. The maximum Gasteiger partial charge on any atom is 0.131 e. The van der Waals surface area contributed by atoms with Crippen molar-refractivity contribution in [1.29, 1.82) is 0 Å². The van der Waals surface area contributed by atoms with E-state index in [4.69, 9.17) is 5.73 Å². The summed E-state index contributed by atoms with van der Waals surface area (Å²) in [6, 6.07) is 0.916. The van der Waals surface area contributed by atoms with Gasteiger partial charge in [-0.25, -0.2) is 8.78 Å². The van der Waals surface area contributed by atoms with Gasteiger partial charge in [0.2, 0.25) is 0 Å². The summed E-state index contributed by atoms with van der Waals surface area (Å²) in [5, 5.41) is 0. The number of benzene rings is 1. The van der Waals surface area contributed by atoms with Crippen molar-refractivity contribution in [3.8, 4) is 0 Å². The highest BCUT2D eigenvalue weighted by atomic mass is 19.1. The van der Waals surface area contributed by atoms with Crippen LogP contribution in [0.4, 0.5) is 8.78 Å². The molecule has 0 aliphatic heterocycles. The van der Waals surface area contributed by atoms with Crippen LogP contribution in [-0.2, 0) is 6.42 Å². The Bertz CT molecular complexity index is 374. The van der Waals surface area contributed by atoms with Crippen molar-refractivity contribution < 1.29 is 8.78 Å². The van der Waals surface area contributed by atoms with Gasteiger partial charge in [0, 0.05) is 11.6 Å². The number of aryl methyl sites for hydroxylation is 1. The Labute approximate surface area is 81.9 Å². The van der Waals surface area contributed by atoms with E-state index in [0.717, 1.165) is 12.8 Å². The molecule has 0 spiro atoms. The maximum atomic E-state index is 13.7. The lowest BCUT2D eigenvalue weighted by atomic mass is 9.86. The normalized spacial score (nSPS) is 20.7. The van der Waals surface area contributed by atoms with E-state index in [-0.39, 0.29) is 17.7 Å². The minimum absolute atomic E-state index is 0.311. The van der Waals surface area contributed by atoms with Crippen molar-refractivity contribution in [3.63, 3.8) is 0 Å². The summed E-state index contributed by atoms with van der Waals surface area (Å²) in [4.78, 5) is 0. The third kappa shape index (κ3) is 1.32. The van der Waals surface area contributed by atoms with E-state index in [1.54, 1.807) is 6.92 Å². The SMILES string of the molecule is Cc1cc(F)c2c(c1F)[C@@H](N)CCC2. The van der Waals surface area contributed by atoms with Crippen LogP contribution in [0.2, 0.25) is 0 Å². The average Bonchev–Trinajstić information content (AvgIpc) is 2.14. The molecule has 2 N–H and O–H groups in total. The predicted molar refractivity (Wildman–Crippen MR) is 51.0 cm³/mol. The second kappa shape index (κ2) is 3.31. The molecule has 1 aliphatic rings. The summed E-state index contributed by atoms with van der Waals surface area (Å²) in [5.41, 5.74) is 7.00. The Balaban J connectivity index is 2.67. The Morgan fingerprint density at radius 1 is 1.43 bits per heavy atom. The lowest BCUT2D eigenvalue weighted by molar-refractivity contribution is 0.489. The number of fused-ring (bicyclic) bond motifs is 1. The van der Waals surface area contributed by atoms with Gasteiger partial charge in [-0.3, -0.25) is 0 Å². The molecule has 1 aromatic carbocycles. The van der Waals surface area contributed by atoms with Crippen LogP contribution in [0.15, 0.2) is 6.07 Å². The Morgan fingerprint density at radius 3 is 2.86 bits per heavy atom. The summed E-state index contributed by atoms with van der Waals surface area (Å²) in [6.45, 7) is 1.57. The summed E-state index contributed by atoms with van der Waals surface area (Å²) in [6.07, 6.45) is 2.19. The lowest BCUT2D eigenvalue weighted by Crippen LogP contribution is -2.21. The van der Waals surface area contributed by atoms with Gasteiger partial charge in [0.25, 0.3) is 0 Å². The molecule has 1 nitrogen and oxygen atoms in total. The quantitative estimate of drug-likeness (QED) is 0.679. The number of rotatable bonds is 0. The molecule has 0 heterocycles. The second-order valence-corrected chi connectivity index (χ2v) is 3.88. The molecule has 76 valence electrons. The first-order valence-electron chi connectivity index (χ1n) is 4.84. The number of hydrogen-bond donors (Lipinski definition) is 1. The van der Waals surface area contributed by atoms with Gasteiger partial charge in [-0.1, -0.05) is 0 Å². The summed E-state index contributed by atoms with van der Waals surface area (Å²) < 4.78 is 27.1. The minimum Gasteiger partial charge on any atom is -0.324 e. The van der Waals surface area contributed by atoms with Crippen LogP contribution in [0.5, 0.6) is 0 Å². The van der Waals surface area contributed by atoms with E-state index >= 15 is 0 Å². The fourth-order valence-electron chi connectivity index (χ4n) is 2.10. The Hall–Kier alpha value is -0.960. The van der Waals surface area contributed by atoms with Crippen LogP contribution in [0.3, 0.4) is 0 Å². The monoisotopic (exact) mass is 197 g/mol. The van der Waals surface area contributed by atoms with Crippen LogP contribution in [0, 0.1) is 18.6 Å². The molecule has 0 radical (unpaired) electrons. The molecule has 0 bridgehead atoms. The second-order valence-electron chi connectivity index (χ2n) is 3.88. The van der Waals surface area contributed by atoms with Gasteiger partial charge in [-0.2, -0.15) is 0 Å². The highest BCUT2D eigenvalue weighted by Gasteiger charge is 2.24. The largest absolute Gasteiger partial charge is 0.324 e. The number of halogens is 2. The van der Waals surface area contributed by atoms with E-state index < -0.39 is 0 Å². The van der Waals surface area contributed by atoms with E-state index in [1.807, 2.05) is 0 Å². The van der Waals surface area contributed by atoms with Crippen LogP contribution in [0.25, 0.3) is 0 Å². The first-order valence-corrected chi connectivity index (χ1v) is 4.84. The zero-order chi connectivity index (χ0) is 10.3. The van der Waals surface area contributed by atoms with E-state index in [1.165, 1.54) is 6.07 Å². The minimum atomic E-state index is -0.340. The molecule has 1 aliphatic carbocycles. The van der Waals surface area contributed by atoms with Gasteiger partial charge >= 0.3 is 0 Å². The molecular formula is C11H13F2N. The fourth-order valence-corrected chi connectivity index (χ4v) is 2.10. The van der Waals surface area contributed by atoms with E-state index in [2.05, 4.69) is 0 Å². The molecule has 14 heavy (non-hydrogen) atoms. The molecule has 1 atom stereocenters. The fraction of sp³-hybridized carbons (Fsp3) is 0.455. The third-order valence-electron chi connectivity index (χ3n) is 2.85. The molecule has 0 saturated carbocycles. The highest BCUT2D eigenvalue weighted by molar-refractivity contribution is 5.38. The van der Waals surface area contributed by atoms with Crippen molar-refractivity contribution in [3.05, 3.63) is 34.4 Å². The molecule has 0 unspecified atom stereocenters. The van der Waals surface area contributed by atoms with Crippen molar-refractivity contribution in [2.45, 2.75) is 32.2 Å². The molecule has 3 heteroatoms. The number of hydrogen-bond acceptors (Lipinski definition) is 1. The molecule has 1 aromatic rings. The van der Waals surface area contributed by atoms with Crippen molar-refractivity contribution in [2.75, 3.05) is 0 Å². The van der Waals surface area contributed by atoms with Crippen LogP contribution in [0.1, 0.15) is 35.6 Å². The zero-order valence-corrected chi connectivity index (χ0v) is 8.11.